The molecule has 48 valence electrons. The number of hydrogen-bond acceptors (Lipinski definition) is 0. The molecule has 0 aliphatic rings. The maximum absolute atomic E-state index is 3.84. The molecule has 1 heteroatoms. The quantitative estimate of drug-likeness (QED) is 0.459. The Morgan fingerprint density at radius 2 is 2.12 bits per heavy atom. The summed E-state index contributed by atoms with van der Waals surface area (Å²) in [5, 5.41) is 1.25. The van der Waals surface area contributed by atoms with Crippen molar-refractivity contribution in [3.63, 3.8) is 0 Å². The minimum atomic E-state index is 0.797. The fraction of sp³-hybridized carbons (Fsp3) is 0.714. The second-order valence-corrected chi connectivity index (χ2v) is 5.60. The summed E-state index contributed by atoms with van der Waals surface area (Å²) in [6, 6.07) is 0. The molecule has 0 aliphatic carbocycles. The molecule has 0 radical (unpaired) electrons. The zero-order valence-electron chi connectivity index (χ0n) is 5.90. The van der Waals surface area contributed by atoms with E-state index < -0.39 is 0 Å². The zero-order chi connectivity index (χ0) is 6.57. The molecule has 8 heavy (non-hydrogen) atoms. The van der Waals surface area contributed by atoms with Crippen LogP contribution in [0.3, 0.4) is 0 Å². The molecule has 0 heterocycles. The molecule has 0 atom stereocenters. The van der Waals surface area contributed by atoms with Crippen molar-refractivity contribution >= 4 is 15.0 Å². The summed E-state index contributed by atoms with van der Waals surface area (Å²) in [5.74, 6) is 0. The average Bonchev–Trinajstić information content (AvgIpc) is 1.61. The molecule has 0 fully saturated rings. The van der Waals surface area contributed by atoms with E-state index in [0.29, 0.717) is 0 Å². The van der Waals surface area contributed by atoms with Gasteiger partial charge in [0, 0.05) is 0 Å². The second-order valence-electron chi connectivity index (χ2n) is 2.32. The summed E-state index contributed by atoms with van der Waals surface area (Å²) in [6.45, 7) is 10.5. The van der Waals surface area contributed by atoms with Crippen molar-refractivity contribution in [3.05, 3.63) is 12.2 Å². The van der Waals surface area contributed by atoms with Gasteiger partial charge in [-0.2, -0.15) is 0 Å². The molecule has 0 amide bonds. The summed E-state index contributed by atoms with van der Waals surface area (Å²) in [4.78, 5) is 0.888. The monoisotopic (exact) mass is 178 g/mol. The van der Waals surface area contributed by atoms with Gasteiger partial charge in [0.1, 0.15) is 0 Å². The molecule has 0 aromatic heterocycles. The normalized spacial score (nSPS) is 10.0. The van der Waals surface area contributed by atoms with Gasteiger partial charge in [0.05, 0.1) is 0 Å². The van der Waals surface area contributed by atoms with Crippen LogP contribution in [0.15, 0.2) is 12.2 Å². The molecular formula is C7H14Se. The van der Waals surface area contributed by atoms with Crippen LogP contribution in [0.2, 0.25) is 10.1 Å². The van der Waals surface area contributed by atoms with E-state index in [0.717, 1.165) is 19.8 Å². The molecule has 0 aromatic rings. The Morgan fingerprint density at radius 3 is 2.25 bits per heavy atom. The Balaban J connectivity index is 3.05. The first-order valence-corrected chi connectivity index (χ1v) is 5.09. The zero-order valence-corrected chi connectivity index (χ0v) is 7.61. The first kappa shape index (κ1) is 8.26. The van der Waals surface area contributed by atoms with E-state index >= 15 is 0 Å². The average molecular weight is 177 g/mol. The summed E-state index contributed by atoms with van der Waals surface area (Å²) in [6.07, 6.45) is 0. The van der Waals surface area contributed by atoms with Crippen LogP contribution in [0.1, 0.15) is 20.8 Å². The Labute approximate surface area is 58.5 Å². The van der Waals surface area contributed by atoms with E-state index in [1.807, 2.05) is 0 Å². The summed E-state index contributed by atoms with van der Waals surface area (Å²) < 4.78 is 0. The predicted molar refractivity (Wildman–Crippen MR) is 40.5 cm³/mol. The maximum atomic E-state index is 3.84. The van der Waals surface area contributed by atoms with Crippen LogP contribution in [-0.4, -0.2) is 15.0 Å². The van der Waals surface area contributed by atoms with Crippen molar-refractivity contribution in [1.82, 2.24) is 0 Å². The molecule has 0 N–H and O–H groups in total. The third kappa shape index (κ3) is 6.26. The Hall–Kier alpha value is 0.259. The van der Waals surface area contributed by atoms with Crippen LogP contribution in [0.4, 0.5) is 0 Å². The van der Waals surface area contributed by atoms with Gasteiger partial charge < -0.3 is 0 Å². The molecule has 0 nitrogen and oxygen atoms in total. The fourth-order valence-electron chi connectivity index (χ4n) is 0.309. The van der Waals surface area contributed by atoms with Crippen LogP contribution in [-0.2, 0) is 0 Å². The van der Waals surface area contributed by atoms with Gasteiger partial charge in [0.25, 0.3) is 0 Å². The van der Waals surface area contributed by atoms with E-state index in [1.54, 1.807) is 0 Å². The van der Waals surface area contributed by atoms with Gasteiger partial charge in [0.2, 0.25) is 0 Å². The molecule has 0 spiro atoms. The van der Waals surface area contributed by atoms with E-state index in [4.69, 9.17) is 0 Å². The molecule has 0 aliphatic heterocycles. The number of hydrogen-bond donors (Lipinski definition) is 0. The molecule has 0 saturated heterocycles. The van der Waals surface area contributed by atoms with E-state index in [1.165, 1.54) is 10.9 Å². The van der Waals surface area contributed by atoms with Crippen LogP contribution < -0.4 is 0 Å². The van der Waals surface area contributed by atoms with Crippen molar-refractivity contribution in [3.8, 4) is 0 Å². The SMILES string of the molecule is C=C(C)C[Se]C(C)C. The topological polar surface area (TPSA) is 0 Å². The molecule has 0 bridgehead atoms. The summed E-state index contributed by atoms with van der Waals surface area (Å²) in [5.41, 5.74) is 1.33. The van der Waals surface area contributed by atoms with Crippen molar-refractivity contribution in [2.75, 3.05) is 0 Å². The van der Waals surface area contributed by atoms with Crippen molar-refractivity contribution in [2.45, 2.75) is 30.9 Å². The minimum absolute atomic E-state index is 0.797. The molecule has 0 aromatic carbocycles. The first-order valence-electron chi connectivity index (χ1n) is 2.89. The van der Waals surface area contributed by atoms with Gasteiger partial charge in [-0.15, -0.1) is 0 Å². The van der Waals surface area contributed by atoms with Gasteiger partial charge in [-0.1, -0.05) is 0 Å². The molecule has 0 unspecified atom stereocenters. The van der Waals surface area contributed by atoms with Gasteiger partial charge in [-0.25, -0.2) is 0 Å². The predicted octanol–water partition coefficient (Wildman–Crippen LogP) is 2.51. The first-order chi connectivity index (χ1) is 3.63. The van der Waals surface area contributed by atoms with Gasteiger partial charge in [-0.05, 0) is 0 Å². The molecule has 0 rings (SSSR count). The van der Waals surface area contributed by atoms with Gasteiger partial charge >= 0.3 is 58.0 Å². The van der Waals surface area contributed by atoms with Crippen LogP contribution in [0.25, 0.3) is 0 Å². The van der Waals surface area contributed by atoms with Gasteiger partial charge in [0.15, 0.2) is 0 Å². The van der Waals surface area contributed by atoms with Crippen LogP contribution in [0, 0.1) is 0 Å². The molecular weight excluding hydrogens is 163 g/mol. The van der Waals surface area contributed by atoms with E-state index in [-0.39, 0.29) is 0 Å². The Bertz CT molecular complexity index is 74.5. The van der Waals surface area contributed by atoms with Crippen LogP contribution >= 0.6 is 0 Å². The van der Waals surface area contributed by atoms with Crippen molar-refractivity contribution < 1.29 is 0 Å². The fourth-order valence-corrected chi connectivity index (χ4v) is 1.61. The van der Waals surface area contributed by atoms with E-state index in [2.05, 4.69) is 27.4 Å². The van der Waals surface area contributed by atoms with Gasteiger partial charge in [-0.3, -0.25) is 0 Å². The summed E-state index contributed by atoms with van der Waals surface area (Å²) >= 11 is 0.797. The number of rotatable bonds is 3. The van der Waals surface area contributed by atoms with Crippen molar-refractivity contribution in [1.29, 1.82) is 0 Å². The third-order valence-corrected chi connectivity index (χ3v) is 3.45. The molecule has 0 saturated carbocycles. The van der Waals surface area contributed by atoms with Crippen molar-refractivity contribution in [2.24, 2.45) is 0 Å². The second kappa shape index (κ2) is 4.17. The standard InChI is InChI=1S/C7H14Se/c1-6(2)5-8-7(3)4/h7H,1,5H2,2-4H3. The third-order valence-electron chi connectivity index (χ3n) is 0.663. The van der Waals surface area contributed by atoms with E-state index in [9.17, 15) is 0 Å². The summed E-state index contributed by atoms with van der Waals surface area (Å²) in [7, 11) is 0. The Kier molecular flexibility index (Phi) is 4.30. The number of allylic oxidation sites excluding steroid dienone is 1. The Morgan fingerprint density at radius 1 is 1.62 bits per heavy atom. The van der Waals surface area contributed by atoms with Crippen LogP contribution in [0.5, 0.6) is 0 Å².